The van der Waals surface area contributed by atoms with E-state index in [1.54, 1.807) is 4.68 Å². The van der Waals surface area contributed by atoms with Gasteiger partial charge in [0, 0.05) is 12.4 Å². The number of benzene rings is 1. The molecule has 2 N–H and O–H groups in total. The number of H-pyrrole nitrogens is 1. The largest absolute Gasteiger partial charge is 0.396 e. The maximum absolute atomic E-state index is 12.1. The molecule has 0 atom stereocenters. The van der Waals surface area contributed by atoms with Gasteiger partial charge in [0.25, 0.3) is 5.56 Å². The standard InChI is InChI=1S/C14H14N4O2S/c19-7-4-8-21-14-16-12-11(13(20)17-14)9-15-18(12)10-5-2-1-3-6-10/h1-3,5-6,9,19H,4,7-8H2,(H,16,17,20). The topological polar surface area (TPSA) is 83.8 Å². The number of aliphatic hydroxyl groups excluding tert-OH is 1. The van der Waals surface area contributed by atoms with Gasteiger partial charge in [0.1, 0.15) is 5.39 Å². The predicted molar refractivity (Wildman–Crippen MR) is 81.9 cm³/mol. The van der Waals surface area contributed by atoms with E-state index in [0.29, 0.717) is 28.4 Å². The van der Waals surface area contributed by atoms with Gasteiger partial charge in [-0.05, 0) is 18.6 Å². The van der Waals surface area contributed by atoms with Crippen LogP contribution in [-0.2, 0) is 0 Å². The van der Waals surface area contributed by atoms with E-state index in [0.717, 1.165) is 5.69 Å². The van der Waals surface area contributed by atoms with Crippen LogP contribution < -0.4 is 5.56 Å². The monoisotopic (exact) mass is 302 g/mol. The summed E-state index contributed by atoms with van der Waals surface area (Å²) in [4.78, 5) is 19.3. The lowest BCUT2D eigenvalue weighted by Crippen LogP contribution is -2.10. The molecule has 0 bridgehead atoms. The molecule has 0 aliphatic rings. The van der Waals surface area contributed by atoms with Crippen LogP contribution in [0.1, 0.15) is 6.42 Å². The molecule has 108 valence electrons. The van der Waals surface area contributed by atoms with Crippen LogP contribution in [0, 0.1) is 0 Å². The van der Waals surface area contributed by atoms with Gasteiger partial charge in [0.15, 0.2) is 10.8 Å². The zero-order valence-electron chi connectivity index (χ0n) is 11.2. The van der Waals surface area contributed by atoms with Crippen molar-refractivity contribution in [1.82, 2.24) is 19.7 Å². The lowest BCUT2D eigenvalue weighted by atomic mass is 10.3. The van der Waals surface area contributed by atoms with Gasteiger partial charge >= 0.3 is 0 Å². The van der Waals surface area contributed by atoms with Gasteiger partial charge in [0.2, 0.25) is 0 Å². The van der Waals surface area contributed by atoms with E-state index in [9.17, 15) is 4.79 Å². The lowest BCUT2D eigenvalue weighted by Gasteiger charge is -2.04. The van der Waals surface area contributed by atoms with E-state index in [2.05, 4.69) is 15.1 Å². The van der Waals surface area contributed by atoms with Crippen molar-refractivity contribution in [3.63, 3.8) is 0 Å². The van der Waals surface area contributed by atoms with Crippen molar-refractivity contribution in [2.75, 3.05) is 12.4 Å². The molecular formula is C14H14N4O2S. The van der Waals surface area contributed by atoms with Crippen LogP contribution in [0.3, 0.4) is 0 Å². The van der Waals surface area contributed by atoms with Crippen LogP contribution in [-0.4, -0.2) is 37.2 Å². The number of nitrogens with zero attached hydrogens (tertiary/aromatic N) is 3. The second-order valence-electron chi connectivity index (χ2n) is 4.43. The Labute approximate surface area is 124 Å². The van der Waals surface area contributed by atoms with Crippen LogP contribution in [0.15, 0.2) is 46.5 Å². The first-order chi connectivity index (χ1) is 10.3. The molecule has 21 heavy (non-hydrogen) atoms. The summed E-state index contributed by atoms with van der Waals surface area (Å²) in [6.07, 6.45) is 2.18. The Kier molecular flexibility index (Phi) is 4.03. The zero-order valence-corrected chi connectivity index (χ0v) is 12.0. The van der Waals surface area contributed by atoms with Crippen molar-refractivity contribution < 1.29 is 5.11 Å². The summed E-state index contributed by atoms with van der Waals surface area (Å²) >= 11 is 1.41. The Balaban J connectivity index is 2.05. The molecule has 0 spiro atoms. The summed E-state index contributed by atoms with van der Waals surface area (Å²) in [5, 5.41) is 14.1. The Morgan fingerprint density at radius 3 is 2.86 bits per heavy atom. The van der Waals surface area contributed by atoms with Gasteiger partial charge in [-0.2, -0.15) is 5.10 Å². The molecule has 0 saturated heterocycles. The number of fused-ring (bicyclic) bond motifs is 1. The first-order valence-corrected chi connectivity index (χ1v) is 7.55. The number of hydrogen-bond donors (Lipinski definition) is 2. The fourth-order valence-corrected chi connectivity index (χ4v) is 2.74. The van der Waals surface area contributed by atoms with E-state index in [1.165, 1.54) is 18.0 Å². The molecule has 3 rings (SSSR count). The number of aromatic amines is 1. The third-order valence-electron chi connectivity index (χ3n) is 2.96. The minimum atomic E-state index is -0.200. The average Bonchev–Trinajstić information content (AvgIpc) is 2.93. The molecule has 3 aromatic rings. The quantitative estimate of drug-likeness (QED) is 0.425. The van der Waals surface area contributed by atoms with Crippen molar-refractivity contribution in [3.05, 3.63) is 46.9 Å². The van der Waals surface area contributed by atoms with Crippen molar-refractivity contribution in [2.45, 2.75) is 11.6 Å². The van der Waals surface area contributed by atoms with E-state index in [1.807, 2.05) is 30.3 Å². The maximum Gasteiger partial charge on any atom is 0.262 e. The SMILES string of the molecule is O=c1[nH]c(SCCCO)nc2c1cnn2-c1ccccc1. The molecule has 1 aromatic carbocycles. The second-order valence-corrected chi connectivity index (χ2v) is 5.51. The summed E-state index contributed by atoms with van der Waals surface area (Å²) in [6, 6.07) is 9.56. The number of rotatable bonds is 5. The van der Waals surface area contributed by atoms with Crippen molar-refractivity contribution in [3.8, 4) is 5.69 Å². The van der Waals surface area contributed by atoms with Crippen molar-refractivity contribution in [2.24, 2.45) is 0 Å². The Morgan fingerprint density at radius 2 is 2.10 bits per heavy atom. The van der Waals surface area contributed by atoms with Gasteiger partial charge in [0.05, 0.1) is 11.9 Å². The minimum Gasteiger partial charge on any atom is -0.396 e. The number of aliphatic hydroxyl groups is 1. The summed E-state index contributed by atoms with van der Waals surface area (Å²) in [6.45, 7) is 0.126. The molecule has 0 aliphatic heterocycles. The van der Waals surface area contributed by atoms with Crippen LogP contribution >= 0.6 is 11.8 Å². The van der Waals surface area contributed by atoms with E-state index in [-0.39, 0.29) is 12.2 Å². The number of nitrogens with one attached hydrogen (secondary N) is 1. The van der Waals surface area contributed by atoms with Gasteiger partial charge in [-0.25, -0.2) is 9.67 Å². The summed E-state index contributed by atoms with van der Waals surface area (Å²) in [7, 11) is 0. The van der Waals surface area contributed by atoms with Gasteiger partial charge in [-0.3, -0.25) is 4.79 Å². The number of hydrogen-bond acceptors (Lipinski definition) is 5. The maximum atomic E-state index is 12.1. The lowest BCUT2D eigenvalue weighted by molar-refractivity contribution is 0.296. The summed E-state index contributed by atoms with van der Waals surface area (Å²) in [5.74, 6) is 0.699. The first-order valence-electron chi connectivity index (χ1n) is 6.57. The highest BCUT2D eigenvalue weighted by atomic mass is 32.2. The Hall–Kier alpha value is -2.12. The fraction of sp³-hybridized carbons (Fsp3) is 0.214. The number of thioether (sulfide) groups is 1. The van der Waals surface area contributed by atoms with Crippen LogP contribution in [0.2, 0.25) is 0 Å². The van der Waals surface area contributed by atoms with Gasteiger partial charge in [-0.15, -0.1) is 0 Å². The van der Waals surface area contributed by atoms with E-state index < -0.39 is 0 Å². The van der Waals surface area contributed by atoms with Crippen LogP contribution in [0.4, 0.5) is 0 Å². The second kappa shape index (κ2) is 6.11. The average molecular weight is 302 g/mol. The van der Waals surface area contributed by atoms with Gasteiger partial charge < -0.3 is 10.1 Å². The smallest absolute Gasteiger partial charge is 0.262 e. The Morgan fingerprint density at radius 1 is 1.29 bits per heavy atom. The first kappa shape index (κ1) is 13.8. The highest BCUT2D eigenvalue weighted by Gasteiger charge is 2.11. The highest BCUT2D eigenvalue weighted by molar-refractivity contribution is 7.99. The van der Waals surface area contributed by atoms with Crippen LogP contribution in [0.25, 0.3) is 16.7 Å². The molecule has 7 heteroatoms. The molecule has 0 unspecified atom stereocenters. The normalized spacial score (nSPS) is 11.1. The van der Waals surface area contributed by atoms with Crippen molar-refractivity contribution >= 4 is 22.8 Å². The molecule has 0 amide bonds. The summed E-state index contributed by atoms with van der Waals surface area (Å²) in [5.41, 5.74) is 1.20. The van der Waals surface area contributed by atoms with E-state index >= 15 is 0 Å². The fourth-order valence-electron chi connectivity index (χ4n) is 1.96. The Bertz CT molecular complexity index is 798. The third-order valence-corrected chi connectivity index (χ3v) is 3.92. The van der Waals surface area contributed by atoms with Crippen LogP contribution in [0.5, 0.6) is 0 Å². The molecule has 6 nitrogen and oxygen atoms in total. The zero-order chi connectivity index (χ0) is 14.7. The molecule has 2 aromatic heterocycles. The molecular weight excluding hydrogens is 288 g/mol. The van der Waals surface area contributed by atoms with E-state index in [4.69, 9.17) is 5.11 Å². The number of para-hydroxylation sites is 1. The number of aromatic nitrogens is 4. The molecule has 0 fully saturated rings. The third kappa shape index (κ3) is 2.84. The molecule has 0 saturated carbocycles. The van der Waals surface area contributed by atoms with Gasteiger partial charge in [-0.1, -0.05) is 30.0 Å². The summed E-state index contributed by atoms with van der Waals surface area (Å²) < 4.78 is 1.65. The molecule has 0 aliphatic carbocycles. The highest BCUT2D eigenvalue weighted by Crippen LogP contribution is 2.17. The molecule has 2 heterocycles. The van der Waals surface area contributed by atoms with Crippen molar-refractivity contribution in [1.29, 1.82) is 0 Å². The predicted octanol–water partition coefficient (Wildman–Crippen LogP) is 1.58. The molecule has 0 radical (unpaired) electrons. The minimum absolute atomic E-state index is 0.126.